The predicted octanol–water partition coefficient (Wildman–Crippen LogP) is 0.295. The number of hydrogen-bond donors (Lipinski definition) is 2. The molecule has 104 valence electrons. The SMILES string of the molecule is CC1COC(CO)CN1C(=O)[C@@H](N)c1ccccc1. The molecule has 1 amide bonds. The Labute approximate surface area is 113 Å². The van der Waals surface area contributed by atoms with Crippen LogP contribution < -0.4 is 5.73 Å². The molecule has 3 atom stereocenters. The van der Waals surface area contributed by atoms with E-state index in [0.29, 0.717) is 13.2 Å². The van der Waals surface area contributed by atoms with Crippen molar-refractivity contribution in [2.75, 3.05) is 19.8 Å². The van der Waals surface area contributed by atoms with Gasteiger partial charge in [0.05, 0.1) is 25.4 Å². The summed E-state index contributed by atoms with van der Waals surface area (Å²) in [5, 5.41) is 9.14. The molecule has 0 aromatic heterocycles. The zero-order chi connectivity index (χ0) is 13.8. The lowest BCUT2D eigenvalue weighted by atomic mass is 10.0. The molecule has 1 aromatic rings. The van der Waals surface area contributed by atoms with Crippen LogP contribution in [0.5, 0.6) is 0 Å². The molecular formula is C14H20N2O3. The number of benzene rings is 1. The summed E-state index contributed by atoms with van der Waals surface area (Å²) in [6, 6.07) is 8.61. The summed E-state index contributed by atoms with van der Waals surface area (Å²) in [6.45, 7) is 2.65. The molecule has 3 N–H and O–H groups in total. The minimum absolute atomic E-state index is 0.0231. The van der Waals surface area contributed by atoms with Gasteiger partial charge in [-0.1, -0.05) is 30.3 Å². The Morgan fingerprint density at radius 2 is 2.21 bits per heavy atom. The van der Waals surface area contributed by atoms with Gasteiger partial charge in [-0.25, -0.2) is 0 Å². The van der Waals surface area contributed by atoms with Crippen molar-refractivity contribution in [1.82, 2.24) is 4.90 Å². The third kappa shape index (κ3) is 3.12. The van der Waals surface area contributed by atoms with Gasteiger partial charge in [-0.05, 0) is 12.5 Å². The first-order valence-corrected chi connectivity index (χ1v) is 6.47. The quantitative estimate of drug-likeness (QED) is 0.823. The summed E-state index contributed by atoms with van der Waals surface area (Å²) < 4.78 is 5.42. The van der Waals surface area contributed by atoms with E-state index in [0.717, 1.165) is 5.56 Å². The van der Waals surface area contributed by atoms with E-state index < -0.39 is 6.04 Å². The second kappa shape index (κ2) is 6.14. The maximum Gasteiger partial charge on any atom is 0.244 e. The van der Waals surface area contributed by atoms with E-state index in [1.54, 1.807) is 4.90 Å². The van der Waals surface area contributed by atoms with Crippen LogP contribution in [0.3, 0.4) is 0 Å². The van der Waals surface area contributed by atoms with Gasteiger partial charge in [-0.15, -0.1) is 0 Å². The van der Waals surface area contributed by atoms with Crippen molar-refractivity contribution in [2.24, 2.45) is 5.73 Å². The number of rotatable bonds is 3. The molecule has 0 bridgehead atoms. The fourth-order valence-electron chi connectivity index (χ4n) is 2.22. The Hall–Kier alpha value is -1.43. The molecule has 1 aliphatic rings. The predicted molar refractivity (Wildman–Crippen MR) is 71.4 cm³/mol. The van der Waals surface area contributed by atoms with E-state index >= 15 is 0 Å². The van der Waals surface area contributed by atoms with Gasteiger partial charge >= 0.3 is 0 Å². The lowest BCUT2D eigenvalue weighted by Crippen LogP contribution is -2.54. The molecule has 1 heterocycles. The number of morpholine rings is 1. The van der Waals surface area contributed by atoms with E-state index in [4.69, 9.17) is 15.6 Å². The van der Waals surface area contributed by atoms with Crippen molar-refractivity contribution in [2.45, 2.75) is 25.1 Å². The maximum absolute atomic E-state index is 12.4. The summed E-state index contributed by atoms with van der Waals surface area (Å²) in [7, 11) is 0. The van der Waals surface area contributed by atoms with Gasteiger partial charge in [0.2, 0.25) is 5.91 Å². The van der Waals surface area contributed by atoms with Crippen LogP contribution in [0.4, 0.5) is 0 Å². The molecule has 0 radical (unpaired) electrons. The first-order valence-electron chi connectivity index (χ1n) is 6.47. The van der Waals surface area contributed by atoms with E-state index in [2.05, 4.69) is 0 Å². The van der Waals surface area contributed by atoms with Crippen molar-refractivity contribution < 1.29 is 14.6 Å². The lowest BCUT2D eigenvalue weighted by Gasteiger charge is -2.38. The van der Waals surface area contributed by atoms with E-state index in [1.807, 2.05) is 37.3 Å². The highest BCUT2D eigenvalue weighted by Crippen LogP contribution is 2.18. The summed E-state index contributed by atoms with van der Waals surface area (Å²) in [4.78, 5) is 14.1. The lowest BCUT2D eigenvalue weighted by molar-refractivity contribution is -0.147. The third-order valence-electron chi connectivity index (χ3n) is 3.42. The Kier molecular flexibility index (Phi) is 4.52. The maximum atomic E-state index is 12.4. The van der Waals surface area contributed by atoms with Crippen LogP contribution in [0.15, 0.2) is 30.3 Å². The zero-order valence-electron chi connectivity index (χ0n) is 11.0. The number of hydrogen-bond acceptors (Lipinski definition) is 4. The van der Waals surface area contributed by atoms with Gasteiger partial charge in [0.25, 0.3) is 0 Å². The number of ether oxygens (including phenoxy) is 1. The van der Waals surface area contributed by atoms with Crippen molar-refractivity contribution in [3.05, 3.63) is 35.9 Å². The number of amides is 1. The van der Waals surface area contributed by atoms with Crippen molar-refractivity contribution >= 4 is 5.91 Å². The summed E-state index contributed by atoms with van der Waals surface area (Å²) in [6.07, 6.45) is -0.317. The van der Waals surface area contributed by atoms with Crippen LogP contribution in [0.2, 0.25) is 0 Å². The third-order valence-corrected chi connectivity index (χ3v) is 3.42. The molecule has 0 spiro atoms. The second-order valence-electron chi connectivity index (χ2n) is 4.87. The number of carbonyl (C=O) groups excluding carboxylic acids is 1. The Bertz CT molecular complexity index is 424. The highest BCUT2D eigenvalue weighted by atomic mass is 16.5. The number of aliphatic hydroxyl groups is 1. The molecule has 5 nitrogen and oxygen atoms in total. The fourth-order valence-corrected chi connectivity index (χ4v) is 2.22. The van der Waals surface area contributed by atoms with Gasteiger partial charge in [0.15, 0.2) is 0 Å². The monoisotopic (exact) mass is 264 g/mol. The average Bonchev–Trinajstić information content (AvgIpc) is 2.47. The molecule has 1 aliphatic heterocycles. The molecule has 2 unspecified atom stereocenters. The normalized spacial score (nSPS) is 25.1. The Morgan fingerprint density at radius 3 is 2.84 bits per heavy atom. The summed E-state index contributed by atoms with van der Waals surface area (Å²) in [5.41, 5.74) is 6.82. The van der Waals surface area contributed by atoms with Gasteiger partial charge in [0.1, 0.15) is 6.04 Å². The first-order chi connectivity index (χ1) is 9.13. The minimum Gasteiger partial charge on any atom is -0.394 e. The standard InChI is InChI=1S/C14H20N2O3/c1-10-9-19-12(8-17)7-16(10)14(18)13(15)11-5-3-2-4-6-11/h2-6,10,12-13,17H,7-9,15H2,1H3/t10?,12?,13-/m0/s1. The Balaban J connectivity index is 2.09. The summed E-state index contributed by atoms with van der Waals surface area (Å²) >= 11 is 0. The summed E-state index contributed by atoms with van der Waals surface area (Å²) in [5.74, 6) is -0.125. The number of nitrogens with zero attached hydrogens (tertiary/aromatic N) is 1. The highest BCUT2D eigenvalue weighted by molar-refractivity contribution is 5.83. The van der Waals surface area contributed by atoms with Crippen molar-refractivity contribution in [1.29, 1.82) is 0 Å². The number of nitrogens with two attached hydrogens (primary N) is 1. The second-order valence-corrected chi connectivity index (χ2v) is 4.87. The molecule has 2 rings (SSSR count). The van der Waals surface area contributed by atoms with Crippen molar-refractivity contribution in [3.8, 4) is 0 Å². The van der Waals surface area contributed by atoms with Crippen LogP contribution in [0, 0.1) is 0 Å². The van der Waals surface area contributed by atoms with Crippen LogP contribution in [0.1, 0.15) is 18.5 Å². The van der Waals surface area contributed by atoms with E-state index in [9.17, 15) is 4.79 Å². The molecule has 1 saturated heterocycles. The Morgan fingerprint density at radius 1 is 1.53 bits per heavy atom. The molecule has 0 saturated carbocycles. The van der Waals surface area contributed by atoms with Crippen LogP contribution in [-0.4, -0.2) is 47.8 Å². The van der Waals surface area contributed by atoms with Gasteiger partial charge in [-0.3, -0.25) is 4.79 Å². The van der Waals surface area contributed by atoms with Crippen LogP contribution >= 0.6 is 0 Å². The first kappa shape index (κ1) is 14.0. The molecule has 0 aliphatic carbocycles. The van der Waals surface area contributed by atoms with E-state index in [-0.39, 0.29) is 24.7 Å². The largest absolute Gasteiger partial charge is 0.394 e. The zero-order valence-corrected chi connectivity index (χ0v) is 11.0. The molecular weight excluding hydrogens is 244 g/mol. The number of aliphatic hydroxyl groups excluding tert-OH is 1. The topological polar surface area (TPSA) is 75.8 Å². The fraction of sp³-hybridized carbons (Fsp3) is 0.500. The molecule has 1 fully saturated rings. The van der Waals surface area contributed by atoms with Crippen LogP contribution in [0.25, 0.3) is 0 Å². The molecule has 1 aromatic carbocycles. The van der Waals surface area contributed by atoms with Gasteiger partial charge < -0.3 is 20.5 Å². The van der Waals surface area contributed by atoms with Gasteiger partial charge in [0, 0.05) is 6.54 Å². The van der Waals surface area contributed by atoms with Crippen LogP contribution in [-0.2, 0) is 9.53 Å². The van der Waals surface area contributed by atoms with E-state index in [1.165, 1.54) is 0 Å². The van der Waals surface area contributed by atoms with Gasteiger partial charge in [-0.2, -0.15) is 0 Å². The number of carbonyl (C=O) groups is 1. The average molecular weight is 264 g/mol. The van der Waals surface area contributed by atoms with Crippen molar-refractivity contribution in [3.63, 3.8) is 0 Å². The molecule has 19 heavy (non-hydrogen) atoms. The molecule has 5 heteroatoms. The minimum atomic E-state index is -0.666. The smallest absolute Gasteiger partial charge is 0.244 e. The highest BCUT2D eigenvalue weighted by Gasteiger charge is 2.32.